The average Bonchev–Trinajstić information content (AvgIpc) is 3.09. The fourth-order valence-electron chi connectivity index (χ4n) is 2.90. The summed E-state index contributed by atoms with van der Waals surface area (Å²) in [6.45, 7) is -0.0920. The molecule has 1 aliphatic heterocycles. The van der Waals surface area contributed by atoms with Gasteiger partial charge >= 0.3 is 0 Å². The normalized spacial score (nSPS) is 15.2. The molecule has 0 spiro atoms. The molecule has 0 aliphatic carbocycles. The third-order valence-corrected chi connectivity index (χ3v) is 5.43. The number of thioether (sulfide) groups is 1. The minimum atomic E-state index is -0.573. The van der Waals surface area contributed by atoms with E-state index in [0.717, 1.165) is 0 Å². The quantitative estimate of drug-likeness (QED) is 0.455. The van der Waals surface area contributed by atoms with Crippen LogP contribution >= 0.6 is 11.8 Å². The molecule has 1 fully saturated rings. The van der Waals surface area contributed by atoms with Gasteiger partial charge in [-0.2, -0.15) is 0 Å². The molecule has 1 saturated heterocycles. The highest BCUT2D eigenvalue weighted by atomic mass is 32.2. The Hall–Kier alpha value is -3.73. The van der Waals surface area contributed by atoms with Crippen molar-refractivity contribution in [1.82, 2.24) is 14.5 Å². The molecule has 0 N–H and O–H groups in total. The van der Waals surface area contributed by atoms with Gasteiger partial charge in [-0.05, 0) is 30.3 Å². The van der Waals surface area contributed by atoms with Crippen molar-refractivity contribution in [3.8, 4) is 5.75 Å². The number of nitro benzene ring substituents is 1. The first-order valence-corrected chi connectivity index (χ1v) is 9.74. The Labute approximate surface area is 174 Å². The number of amides is 1. The van der Waals surface area contributed by atoms with Gasteiger partial charge in [0.1, 0.15) is 12.4 Å². The average molecular weight is 425 g/mol. The van der Waals surface area contributed by atoms with Gasteiger partial charge in [0.25, 0.3) is 11.2 Å². The van der Waals surface area contributed by atoms with E-state index < -0.39 is 10.5 Å². The number of carbonyl (C=O) groups excluding carboxylic acids is 1. The van der Waals surface area contributed by atoms with Gasteiger partial charge in [-0.1, -0.05) is 11.8 Å². The highest BCUT2D eigenvalue weighted by molar-refractivity contribution is 8.15. The molecule has 0 radical (unpaired) electrons. The van der Waals surface area contributed by atoms with Crippen molar-refractivity contribution in [2.75, 3.05) is 12.9 Å². The van der Waals surface area contributed by atoms with Crippen LogP contribution in [0.25, 0.3) is 10.9 Å². The molecule has 0 saturated carbocycles. The number of carbonyl (C=O) groups is 1. The highest BCUT2D eigenvalue weighted by Gasteiger charge is 2.29. The Bertz CT molecular complexity index is 1240. The molecule has 30 heavy (non-hydrogen) atoms. The van der Waals surface area contributed by atoms with Crippen molar-refractivity contribution in [2.24, 2.45) is 4.99 Å². The third kappa shape index (κ3) is 3.74. The maximum absolute atomic E-state index is 12.8. The Kier molecular flexibility index (Phi) is 5.19. The van der Waals surface area contributed by atoms with Gasteiger partial charge in [0.05, 0.1) is 40.7 Å². The maximum atomic E-state index is 12.8. The molecule has 10 nitrogen and oxygen atoms in total. The molecule has 2 heterocycles. The molecule has 0 unspecified atom stereocenters. The van der Waals surface area contributed by atoms with Crippen LogP contribution in [0.15, 0.2) is 58.6 Å². The summed E-state index contributed by atoms with van der Waals surface area (Å²) in [5.74, 6) is 0.697. The molecular formula is C19H15N5O5S. The van der Waals surface area contributed by atoms with Gasteiger partial charge in [-0.3, -0.25) is 29.2 Å². The standard InChI is InChI=1S/C19H15N5O5S/c1-29-14-5-2-12(3-6-14)21-19-23(17(25)9-30-19)11-22-10-20-16-7-4-13(24(27)28)8-15(16)18(22)26/h2-8,10H,9,11H2,1H3. The summed E-state index contributed by atoms with van der Waals surface area (Å²) in [6, 6.07) is 10.9. The van der Waals surface area contributed by atoms with E-state index in [2.05, 4.69) is 9.98 Å². The fraction of sp³-hybridized carbons (Fsp3) is 0.158. The van der Waals surface area contributed by atoms with Crippen LogP contribution in [0, 0.1) is 10.1 Å². The summed E-state index contributed by atoms with van der Waals surface area (Å²) in [7, 11) is 1.57. The first-order valence-electron chi connectivity index (χ1n) is 8.76. The molecule has 0 bridgehead atoms. The van der Waals surface area contributed by atoms with Crippen LogP contribution in [0.3, 0.4) is 0 Å². The van der Waals surface area contributed by atoms with E-state index in [1.807, 2.05) is 0 Å². The van der Waals surface area contributed by atoms with Crippen LogP contribution in [-0.4, -0.2) is 43.3 Å². The number of aliphatic imine (C=N–C) groups is 1. The fourth-order valence-corrected chi connectivity index (χ4v) is 3.80. The molecule has 0 atom stereocenters. The van der Waals surface area contributed by atoms with Crippen LogP contribution in [0.5, 0.6) is 5.75 Å². The van der Waals surface area contributed by atoms with Crippen LogP contribution in [0.4, 0.5) is 11.4 Å². The van der Waals surface area contributed by atoms with E-state index in [1.165, 1.54) is 45.8 Å². The number of methoxy groups -OCH3 is 1. The SMILES string of the molecule is COc1ccc(N=C2SCC(=O)N2Cn2cnc3ccc([N+](=O)[O-])cc3c2=O)cc1. The lowest BCUT2D eigenvalue weighted by atomic mass is 10.2. The minimum absolute atomic E-state index is 0.0920. The van der Waals surface area contributed by atoms with E-state index in [-0.39, 0.29) is 29.4 Å². The van der Waals surface area contributed by atoms with Gasteiger partial charge in [-0.15, -0.1) is 0 Å². The number of nitro groups is 1. The summed E-state index contributed by atoms with van der Waals surface area (Å²) in [5, 5.41) is 11.6. The van der Waals surface area contributed by atoms with Crippen molar-refractivity contribution in [3.63, 3.8) is 0 Å². The Morgan fingerprint density at radius 2 is 2.00 bits per heavy atom. The van der Waals surface area contributed by atoms with E-state index in [0.29, 0.717) is 22.1 Å². The van der Waals surface area contributed by atoms with Crippen molar-refractivity contribution in [3.05, 3.63) is 69.3 Å². The third-order valence-electron chi connectivity index (χ3n) is 4.47. The number of aromatic nitrogens is 2. The smallest absolute Gasteiger partial charge is 0.270 e. The van der Waals surface area contributed by atoms with Gasteiger partial charge in [0.15, 0.2) is 5.17 Å². The monoisotopic (exact) mass is 425 g/mol. The molecule has 1 aliphatic rings. The molecule has 3 aromatic rings. The van der Waals surface area contributed by atoms with Crippen molar-refractivity contribution in [2.45, 2.75) is 6.67 Å². The molecule has 1 aromatic heterocycles. The van der Waals surface area contributed by atoms with E-state index in [4.69, 9.17) is 4.74 Å². The zero-order valence-corrected chi connectivity index (χ0v) is 16.5. The molecule has 1 amide bonds. The number of amidine groups is 1. The van der Waals surface area contributed by atoms with Crippen molar-refractivity contribution >= 4 is 45.1 Å². The topological polar surface area (TPSA) is 120 Å². The largest absolute Gasteiger partial charge is 0.497 e. The lowest BCUT2D eigenvalue weighted by Crippen LogP contribution is -2.36. The van der Waals surface area contributed by atoms with Gasteiger partial charge in [-0.25, -0.2) is 9.98 Å². The number of hydrogen-bond donors (Lipinski definition) is 0. The summed E-state index contributed by atoms with van der Waals surface area (Å²) in [4.78, 5) is 45.7. The van der Waals surface area contributed by atoms with Crippen LogP contribution < -0.4 is 10.3 Å². The predicted molar refractivity (Wildman–Crippen MR) is 112 cm³/mol. The molecule has 152 valence electrons. The number of fused-ring (bicyclic) bond motifs is 1. The molecule has 11 heteroatoms. The zero-order valence-electron chi connectivity index (χ0n) is 15.7. The number of benzene rings is 2. The lowest BCUT2D eigenvalue weighted by Gasteiger charge is -2.17. The maximum Gasteiger partial charge on any atom is 0.270 e. The van der Waals surface area contributed by atoms with Gasteiger partial charge in [0.2, 0.25) is 5.91 Å². The van der Waals surface area contributed by atoms with E-state index >= 15 is 0 Å². The first kappa shape index (κ1) is 19.6. The second-order valence-electron chi connectivity index (χ2n) is 6.32. The first-order chi connectivity index (χ1) is 14.5. The Balaban J connectivity index is 1.67. The van der Waals surface area contributed by atoms with Crippen LogP contribution in [0.1, 0.15) is 0 Å². The number of hydrogen-bond acceptors (Lipinski definition) is 8. The molecule has 4 rings (SSSR count). The van der Waals surface area contributed by atoms with Crippen molar-refractivity contribution in [1.29, 1.82) is 0 Å². The van der Waals surface area contributed by atoms with Crippen molar-refractivity contribution < 1.29 is 14.5 Å². The summed E-state index contributed by atoms with van der Waals surface area (Å²) >= 11 is 1.27. The molecule has 2 aromatic carbocycles. The number of nitrogens with zero attached hydrogens (tertiary/aromatic N) is 5. The highest BCUT2D eigenvalue weighted by Crippen LogP contribution is 2.25. The number of ether oxygens (including phenoxy) is 1. The van der Waals surface area contributed by atoms with Gasteiger partial charge < -0.3 is 4.74 Å². The number of rotatable bonds is 5. The summed E-state index contributed by atoms with van der Waals surface area (Å²) in [6.07, 6.45) is 1.32. The Morgan fingerprint density at radius 3 is 2.70 bits per heavy atom. The Morgan fingerprint density at radius 1 is 1.23 bits per heavy atom. The lowest BCUT2D eigenvalue weighted by molar-refractivity contribution is -0.384. The van der Waals surface area contributed by atoms with Crippen LogP contribution in [0.2, 0.25) is 0 Å². The molecular weight excluding hydrogens is 410 g/mol. The summed E-state index contributed by atoms with van der Waals surface area (Å²) < 4.78 is 6.36. The van der Waals surface area contributed by atoms with E-state index in [1.54, 1.807) is 31.4 Å². The predicted octanol–water partition coefficient (Wildman–Crippen LogP) is 2.53. The second kappa shape index (κ2) is 7.95. The summed E-state index contributed by atoms with van der Waals surface area (Å²) in [5.41, 5.74) is 0.305. The zero-order chi connectivity index (χ0) is 21.3. The van der Waals surface area contributed by atoms with Crippen LogP contribution in [-0.2, 0) is 11.5 Å². The number of non-ortho nitro benzene ring substituents is 1. The second-order valence-corrected chi connectivity index (χ2v) is 7.26. The minimum Gasteiger partial charge on any atom is -0.497 e. The van der Waals surface area contributed by atoms with E-state index in [9.17, 15) is 19.7 Å². The van der Waals surface area contributed by atoms with Gasteiger partial charge in [0, 0.05) is 12.1 Å².